The fraction of sp³-hybridized carbons (Fsp3) is 0.703. The third-order valence-electron chi connectivity index (χ3n) is 7.43. The zero-order valence-corrected chi connectivity index (χ0v) is 28.8. The first-order valence-corrected chi connectivity index (χ1v) is 19.1. The number of carbonyl (C=O) groups is 1. The van der Waals surface area contributed by atoms with Gasteiger partial charge in [0.2, 0.25) is 5.91 Å². The first-order chi connectivity index (χ1) is 21.3. The molecular weight excluding hydrogens is 570 g/mol. The third-order valence-corrected chi connectivity index (χ3v) is 8.21. The highest BCUT2D eigenvalue weighted by molar-refractivity contribution is 7.85. The van der Waals surface area contributed by atoms with Gasteiger partial charge in [-0.05, 0) is 64.2 Å². The van der Waals surface area contributed by atoms with Crippen molar-refractivity contribution in [3.63, 3.8) is 0 Å². The number of unbranched alkanes of at least 4 members (excludes halogenated alkanes) is 14. The van der Waals surface area contributed by atoms with E-state index in [9.17, 15) is 22.9 Å². The van der Waals surface area contributed by atoms with E-state index in [4.69, 9.17) is 0 Å². The van der Waals surface area contributed by atoms with Gasteiger partial charge in [-0.2, -0.15) is 8.42 Å². The van der Waals surface area contributed by atoms with E-state index in [-0.39, 0.29) is 12.3 Å². The lowest BCUT2D eigenvalue weighted by molar-refractivity contribution is -0.122. The van der Waals surface area contributed by atoms with Crippen LogP contribution in [0.2, 0.25) is 0 Å². The van der Waals surface area contributed by atoms with Crippen LogP contribution in [0.25, 0.3) is 0 Å². The van der Waals surface area contributed by atoms with E-state index in [1.165, 1.54) is 70.3 Å². The van der Waals surface area contributed by atoms with E-state index in [0.29, 0.717) is 12.8 Å². The van der Waals surface area contributed by atoms with E-state index in [1.54, 1.807) is 6.08 Å². The standard InChI is InChI=1S/C37H65NO5S/c1-3-5-7-9-11-13-15-17-18-19-21-22-24-26-28-30-32-36(39)35(34-44(41,42)43)38-37(40)33-31-29-27-25-23-20-16-14-12-10-8-6-4-2/h6,8,12,14,20,22-24,30,32,35-36,39H,3-5,7,9-11,13,15-19,21,25-29,31,33-34H2,1-2H3,(H,38,40)(H,41,42,43)/b8-6-,14-12-,23-20-,24-22+,32-30+. The molecule has 0 bridgehead atoms. The van der Waals surface area contributed by atoms with Crippen molar-refractivity contribution in [1.29, 1.82) is 0 Å². The van der Waals surface area contributed by atoms with Crippen LogP contribution in [0.5, 0.6) is 0 Å². The smallest absolute Gasteiger partial charge is 0.267 e. The Morgan fingerprint density at radius 2 is 1.11 bits per heavy atom. The van der Waals surface area contributed by atoms with E-state index >= 15 is 0 Å². The molecule has 0 aliphatic heterocycles. The molecule has 0 aromatic heterocycles. The number of allylic oxidation sites excluding steroid dienone is 9. The van der Waals surface area contributed by atoms with Crippen LogP contribution in [0.1, 0.15) is 149 Å². The van der Waals surface area contributed by atoms with Crippen molar-refractivity contribution in [3.05, 3.63) is 60.8 Å². The SMILES string of the molecule is CC/C=C\C/C=C\C/C=C\CCCCCC(=O)NC(CS(=O)(=O)O)C(O)/C=C/CC/C=C/CCCCCCCCCCCC. The van der Waals surface area contributed by atoms with Crippen molar-refractivity contribution in [3.8, 4) is 0 Å². The molecule has 0 aromatic carbocycles. The first kappa shape index (κ1) is 42.0. The minimum atomic E-state index is -4.36. The van der Waals surface area contributed by atoms with Crippen molar-refractivity contribution < 1.29 is 22.9 Å². The van der Waals surface area contributed by atoms with E-state index in [0.717, 1.165) is 51.4 Å². The summed E-state index contributed by atoms with van der Waals surface area (Å²) in [5.74, 6) is -1.05. The number of rotatable bonds is 30. The molecule has 0 saturated heterocycles. The molecule has 0 radical (unpaired) electrons. The highest BCUT2D eigenvalue weighted by Crippen LogP contribution is 2.12. The molecule has 0 fully saturated rings. The van der Waals surface area contributed by atoms with Gasteiger partial charge in [-0.3, -0.25) is 9.35 Å². The van der Waals surface area contributed by atoms with E-state index < -0.39 is 28.0 Å². The minimum Gasteiger partial charge on any atom is -0.387 e. The average molecular weight is 636 g/mol. The summed E-state index contributed by atoms with van der Waals surface area (Å²) in [5.41, 5.74) is 0. The van der Waals surface area contributed by atoms with Crippen molar-refractivity contribution in [2.75, 3.05) is 5.75 Å². The molecule has 2 atom stereocenters. The van der Waals surface area contributed by atoms with Gasteiger partial charge in [0.1, 0.15) is 0 Å². The number of nitrogens with one attached hydrogen (secondary N) is 1. The number of amides is 1. The molecule has 6 nitrogen and oxygen atoms in total. The van der Waals surface area contributed by atoms with Gasteiger partial charge in [-0.15, -0.1) is 0 Å². The largest absolute Gasteiger partial charge is 0.387 e. The summed E-state index contributed by atoms with van der Waals surface area (Å²) in [6.07, 6.45) is 42.1. The van der Waals surface area contributed by atoms with Gasteiger partial charge in [0.05, 0.1) is 17.9 Å². The minimum absolute atomic E-state index is 0.250. The molecule has 0 aliphatic carbocycles. The van der Waals surface area contributed by atoms with Crippen LogP contribution in [0.3, 0.4) is 0 Å². The molecule has 0 aliphatic rings. The Hall–Kier alpha value is -1.96. The Morgan fingerprint density at radius 1 is 0.636 bits per heavy atom. The summed E-state index contributed by atoms with van der Waals surface area (Å²) in [7, 11) is -4.36. The van der Waals surface area contributed by atoms with E-state index in [2.05, 4.69) is 67.8 Å². The van der Waals surface area contributed by atoms with Crippen LogP contribution in [-0.4, -0.2) is 41.9 Å². The Balaban J connectivity index is 4.13. The van der Waals surface area contributed by atoms with Crippen molar-refractivity contribution in [2.45, 2.75) is 161 Å². The molecule has 0 aromatic rings. The average Bonchev–Trinajstić information content (AvgIpc) is 2.98. The second-order valence-electron chi connectivity index (χ2n) is 11.8. The van der Waals surface area contributed by atoms with Gasteiger partial charge in [0.25, 0.3) is 10.1 Å². The molecule has 2 unspecified atom stereocenters. The van der Waals surface area contributed by atoms with Crippen LogP contribution < -0.4 is 5.32 Å². The van der Waals surface area contributed by atoms with Gasteiger partial charge in [-0.25, -0.2) is 0 Å². The molecule has 7 heteroatoms. The number of hydrogen-bond acceptors (Lipinski definition) is 4. The van der Waals surface area contributed by atoms with Crippen LogP contribution in [0.15, 0.2) is 60.8 Å². The molecule has 0 saturated carbocycles. The van der Waals surface area contributed by atoms with Crippen LogP contribution in [0.4, 0.5) is 0 Å². The predicted octanol–water partition coefficient (Wildman–Crippen LogP) is 9.73. The lowest BCUT2D eigenvalue weighted by atomic mass is 10.1. The molecule has 3 N–H and O–H groups in total. The fourth-order valence-electron chi connectivity index (χ4n) is 4.83. The van der Waals surface area contributed by atoms with Crippen molar-refractivity contribution in [1.82, 2.24) is 5.32 Å². The van der Waals surface area contributed by atoms with Crippen LogP contribution in [0, 0.1) is 0 Å². The zero-order chi connectivity index (χ0) is 32.6. The maximum absolute atomic E-state index is 12.4. The number of hydrogen-bond donors (Lipinski definition) is 3. The summed E-state index contributed by atoms with van der Waals surface area (Å²) >= 11 is 0. The first-order valence-electron chi connectivity index (χ1n) is 17.5. The summed E-state index contributed by atoms with van der Waals surface area (Å²) in [6, 6.07) is -1.09. The molecule has 0 heterocycles. The third kappa shape index (κ3) is 31.5. The van der Waals surface area contributed by atoms with E-state index in [1.807, 2.05) is 0 Å². The highest BCUT2D eigenvalue weighted by atomic mass is 32.2. The molecule has 1 amide bonds. The van der Waals surface area contributed by atoms with Crippen LogP contribution in [-0.2, 0) is 14.9 Å². The Morgan fingerprint density at radius 3 is 1.70 bits per heavy atom. The van der Waals surface area contributed by atoms with Gasteiger partial charge < -0.3 is 10.4 Å². The maximum atomic E-state index is 12.4. The quantitative estimate of drug-likeness (QED) is 0.0414. The zero-order valence-electron chi connectivity index (χ0n) is 28.0. The number of aliphatic hydroxyl groups is 1. The number of carbonyl (C=O) groups excluding carboxylic acids is 1. The second-order valence-corrected chi connectivity index (χ2v) is 13.3. The molecule has 254 valence electrons. The molecule has 0 rings (SSSR count). The Labute approximate surface area is 271 Å². The number of aliphatic hydroxyl groups excluding tert-OH is 1. The Kier molecular flexibility index (Phi) is 29.7. The lowest BCUT2D eigenvalue weighted by Crippen LogP contribution is -2.46. The highest BCUT2D eigenvalue weighted by Gasteiger charge is 2.24. The topological polar surface area (TPSA) is 104 Å². The van der Waals surface area contributed by atoms with Gasteiger partial charge in [0, 0.05) is 6.42 Å². The second kappa shape index (κ2) is 31.0. The normalized spacial score (nSPS) is 14.2. The van der Waals surface area contributed by atoms with Crippen LogP contribution >= 0.6 is 0 Å². The predicted molar refractivity (Wildman–Crippen MR) is 188 cm³/mol. The fourth-order valence-corrected chi connectivity index (χ4v) is 5.56. The van der Waals surface area contributed by atoms with Crippen molar-refractivity contribution in [2.24, 2.45) is 0 Å². The summed E-state index contributed by atoms with van der Waals surface area (Å²) in [5, 5.41) is 13.1. The molecule has 0 spiro atoms. The van der Waals surface area contributed by atoms with Gasteiger partial charge in [-0.1, -0.05) is 139 Å². The maximum Gasteiger partial charge on any atom is 0.267 e. The summed E-state index contributed by atoms with van der Waals surface area (Å²) < 4.78 is 32.3. The summed E-state index contributed by atoms with van der Waals surface area (Å²) in [4.78, 5) is 12.4. The molecular formula is C37H65NO5S. The van der Waals surface area contributed by atoms with Gasteiger partial charge in [0.15, 0.2) is 0 Å². The molecule has 44 heavy (non-hydrogen) atoms. The lowest BCUT2D eigenvalue weighted by Gasteiger charge is -2.21. The van der Waals surface area contributed by atoms with Crippen molar-refractivity contribution >= 4 is 16.0 Å². The summed E-state index contributed by atoms with van der Waals surface area (Å²) in [6.45, 7) is 4.38. The Bertz CT molecular complexity index is 920. The monoisotopic (exact) mass is 635 g/mol. The van der Waals surface area contributed by atoms with Gasteiger partial charge >= 0.3 is 0 Å².